The summed E-state index contributed by atoms with van der Waals surface area (Å²) in [5.74, 6) is -0.349. The second-order valence-corrected chi connectivity index (χ2v) is 8.63. The van der Waals surface area contributed by atoms with Crippen molar-refractivity contribution in [3.05, 3.63) is 29.3 Å². The highest BCUT2D eigenvalue weighted by Crippen LogP contribution is 2.32. The van der Waals surface area contributed by atoms with Gasteiger partial charge in [0.1, 0.15) is 0 Å². The molecule has 148 valence electrons. The van der Waals surface area contributed by atoms with Crippen molar-refractivity contribution in [2.24, 2.45) is 5.41 Å². The van der Waals surface area contributed by atoms with Crippen LogP contribution < -0.4 is 4.90 Å². The van der Waals surface area contributed by atoms with Crippen LogP contribution in [-0.4, -0.2) is 74.6 Å². The van der Waals surface area contributed by atoms with Gasteiger partial charge in [0, 0.05) is 53.0 Å². The first-order valence-corrected chi connectivity index (χ1v) is 9.77. The van der Waals surface area contributed by atoms with Gasteiger partial charge in [-0.2, -0.15) is 0 Å². The Morgan fingerprint density at radius 1 is 1.04 bits per heavy atom. The number of methoxy groups -OCH3 is 1. The van der Waals surface area contributed by atoms with E-state index in [0.29, 0.717) is 30.7 Å². The van der Waals surface area contributed by atoms with Gasteiger partial charge in [-0.3, -0.25) is 19.4 Å². The first-order chi connectivity index (χ1) is 12.8. The number of carbonyl (C=O) groups is 2. The quantitative estimate of drug-likeness (QED) is 0.566. The van der Waals surface area contributed by atoms with Crippen molar-refractivity contribution in [3.63, 3.8) is 0 Å². The van der Waals surface area contributed by atoms with Crippen LogP contribution in [0.25, 0.3) is 0 Å². The van der Waals surface area contributed by atoms with Gasteiger partial charge < -0.3 is 9.64 Å². The monoisotopic (exact) mass is 373 g/mol. The molecule has 1 aromatic carbocycles. The number of nitrogens with zero attached hydrogens (tertiary/aromatic N) is 3. The van der Waals surface area contributed by atoms with E-state index >= 15 is 0 Å². The van der Waals surface area contributed by atoms with Gasteiger partial charge in [-0.25, -0.2) is 0 Å². The number of hydrogen-bond donors (Lipinski definition) is 0. The fourth-order valence-electron chi connectivity index (χ4n) is 3.97. The average Bonchev–Trinajstić information content (AvgIpc) is 2.86. The maximum absolute atomic E-state index is 12.9. The summed E-state index contributed by atoms with van der Waals surface area (Å²) in [6, 6.07) is 5.63. The van der Waals surface area contributed by atoms with Crippen LogP contribution in [0.2, 0.25) is 0 Å². The number of imide groups is 1. The largest absolute Gasteiger partial charge is 0.385 e. The van der Waals surface area contributed by atoms with E-state index in [9.17, 15) is 9.59 Å². The van der Waals surface area contributed by atoms with Crippen LogP contribution in [0.5, 0.6) is 0 Å². The van der Waals surface area contributed by atoms with Crippen molar-refractivity contribution in [2.75, 3.05) is 57.9 Å². The molecule has 0 spiro atoms. The predicted octanol–water partition coefficient (Wildman–Crippen LogP) is 2.49. The number of rotatable bonds is 6. The van der Waals surface area contributed by atoms with Crippen LogP contribution in [0.1, 0.15) is 47.9 Å². The van der Waals surface area contributed by atoms with E-state index in [1.54, 1.807) is 13.2 Å². The molecule has 2 aliphatic rings. The Bertz CT molecular complexity index is 703. The lowest BCUT2D eigenvalue weighted by Crippen LogP contribution is -2.49. The van der Waals surface area contributed by atoms with E-state index in [1.165, 1.54) is 4.90 Å². The molecule has 6 nitrogen and oxygen atoms in total. The van der Waals surface area contributed by atoms with Gasteiger partial charge in [-0.1, -0.05) is 26.8 Å². The Morgan fingerprint density at radius 3 is 2.37 bits per heavy atom. The van der Waals surface area contributed by atoms with Crippen molar-refractivity contribution in [3.8, 4) is 0 Å². The Kier molecular flexibility index (Phi) is 5.86. The summed E-state index contributed by atoms with van der Waals surface area (Å²) in [4.78, 5) is 31.7. The minimum atomic E-state index is -0.181. The Morgan fingerprint density at radius 2 is 1.74 bits per heavy atom. The highest BCUT2D eigenvalue weighted by molar-refractivity contribution is 6.23. The van der Waals surface area contributed by atoms with Gasteiger partial charge in [0.25, 0.3) is 11.8 Å². The number of fused-ring (bicyclic) bond motifs is 1. The van der Waals surface area contributed by atoms with Gasteiger partial charge in [0.15, 0.2) is 0 Å². The van der Waals surface area contributed by atoms with Crippen molar-refractivity contribution in [1.29, 1.82) is 0 Å². The molecule has 1 aromatic rings. The molecule has 1 fully saturated rings. The summed E-state index contributed by atoms with van der Waals surface area (Å²) in [5, 5.41) is 0. The fourth-order valence-corrected chi connectivity index (χ4v) is 3.97. The minimum Gasteiger partial charge on any atom is -0.385 e. The molecule has 0 bridgehead atoms. The lowest BCUT2D eigenvalue weighted by Gasteiger charge is -2.39. The van der Waals surface area contributed by atoms with Crippen molar-refractivity contribution >= 4 is 17.5 Å². The number of piperazine rings is 1. The summed E-state index contributed by atoms with van der Waals surface area (Å²) in [6.45, 7) is 12.5. The standard InChI is InChI=1S/C21H31N3O3/c1-21(2,3)15-22-10-12-23(13-11-22)17-8-5-7-16-18(17)20(26)24(19(16)25)9-6-14-27-4/h5,7-8H,6,9-15H2,1-4H3. The van der Waals surface area contributed by atoms with Crippen LogP contribution in [0, 0.1) is 5.41 Å². The summed E-state index contributed by atoms with van der Waals surface area (Å²) in [5.41, 5.74) is 2.29. The molecular weight excluding hydrogens is 342 g/mol. The molecule has 27 heavy (non-hydrogen) atoms. The third-order valence-corrected chi connectivity index (χ3v) is 5.12. The van der Waals surface area contributed by atoms with E-state index in [1.807, 2.05) is 12.1 Å². The average molecular weight is 373 g/mol. The third-order valence-electron chi connectivity index (χ3n) is 5.12. The highest BCUT2D eigenvalue weighted by atomic mass is 16.5. The number of ether oxygens (including phenoxy) is 1. The number of amides is 2. The molecule has 6 heteroatoms. The second-order valence-electron chi connectivity index (χ2n) is 8.63. The van der Waals surface area contributed by atoms with Crippen LogP contribution >= 0.6 is 0 Å². The number of carbonyl (C=O) groups excluding carboxylic acids is 2. The van der Waals surface area contributed by atoms with Crippen molar-refractivity contribution < 1.29 is 14.3 Å². The zero-order valence-corrected chi connectivity index (χ0v) is 17.0. The molecular formula is C21H31N3O3. The Hall–Kier alpha value is -1.92. The molecule has 0 unspecified atom stereocenters. The highest BCUT2D eigenvalue weighted by Gasteiger charge is 2.38. The normalized spacial score (nSPS) is 18.4. The zero-order chi connectivity index (χ0) is 19.6. The van der Waals surface area contributed by atoms with Gasteiger partial charge >= 0.3 is 0 Å². The van der Waals surface area contributed by atoms with Crippen molar-refractivity contribution in [2.45, 2.75) is 27.2 Å². The lowest BCUT2D eigenvalue weighted by molar-refractivity contribution is 0.0639. The van der Waals surface area contributed by atoms with E-state index in [2.05, 4.69) is 30.6 Å². The third kappa shape index (κ3) is 4.33. The van der Waals surface area contributed by atoms with E-state index in [-0.39, 0.29) is 17.2 Å². The molecule has 3 rings (SSSR count). The summed E-state index contributed by atoms with van der Waals surface area (Å²) in [6.07, 6.45) is 0.656. The number of hydrogen-bond acceptors (Lipinski definition) is 5. The summed E-state index contributed by atoms with van der Waals surface area (Å²) >= 11 is 0. The molecule has 0 saturated carbocycles. The van der Waals surface area contributed by atoms with E-state index in [4.69, 9.17) is 4.74 Å². The second kappa shape index (κ2) is 7.98. The molecule has 0 atom stereocenters. The molecule has 0 aromatic heterocycles. The summed E-state index contributed by atoms with van der Waals surface area (Å²) < 4.78 is 5.05. The maximum atomic E-state index is 12.9. The van der Waals surface area contributed by atoms with Crippen LogP contribution in [-0.2, 0) is 4.74 Å². The van der Waals surface area contributed by atoms with E-state index in [0.717, 1.165) is 38.4 Å². The first-order valence-electron chi connectivity index (χ1n) is 9.77. The van der Waals surface area contributed by atoms with Gasteiger partial charge in [-0.05, 0) is 24.0 Å². The molecule has 0 radical (unpaired) electrons. The Balaban J connectivity index is 1.74. The van der Waals surface area contributed by atoms with Gasteiger partial charge in [0.2, 0.25) is 0 Å². The molecule has 1 saturated heterocycles. The molecule has 0 aliphatic carbocycles. The van der Waals surface area contributed by atoms with E-state index < -0.39 is 0 Å². The molecule has 2 aliphatic heterocycles. The molecule has 0 N–H and O–H groups in total. The minimum absolute atomic E-state index is 0.168. The topological polar surface area (TPSA) is 53.1 Å². The lowest BCUT2D eigenvalue weighted by atomic mass is 9.95. The van der Waals surface area contributed by atoms with Gasteiger partial charge in [0.05, 0.1) is 16.8 Å². The summed E-state index contributed by atoms with van der Waals surface area (Å²) in [7, 11) is 1.62. The molecule has 2 heterocycles. The van der Waals surface area contributed by atoms with Gasteiger partial charge in [-0.15, -0.1) is 0 Å². The number of benzene rings is 1. The fraction of sp³-hybridized carbons (Fsp3) is 0.619. The maximum Gasteiger partial charge on any atom is 0.263 e. The molecule has 2 amide bonds. The number of anilines is 1. The van der Waals surface area contributed by atoms with Crippen LogP contribution in [0.3, 0.4) is 0 Å². The van der Waals surface area contributed by atoms with Crippen LogP contribution in [0.4, 0.5) is 5.69 Å². The zero-order valence-electron chi connectivity index (χ0n) is 17.0. The first kappa shape index (κ1) is 19.8. The SMILES string of the molecule is COCCCN1C(=O)c2cccc(N3CCN(CC(C)(C)C)CC3)c2C1=O. The van der Waals surface area contributed by atoms with Crippen molar-refractivity contribution in [1.82, 2.24) is 9.80 Å². The predicted molar refractivity (Wildman–Crippen MR) is 106 cm³/mol. The Labute approximate surface area is 162 Å². The van der Waals surface area contributed by atoms with Crippen LogP contribution in [0.15, 0.2) is 18.2 Å². The smallest absolute Gasteiger partial charge is 0.263 e.